The van der Waals surface area contributed by atoms with E-state index in [0.717, 1.165) is 57.8 Å². The number of nitrogens with zero attached hydrogens (tertiary/aromatic N) is 1. The van der Waals surface area contributed by atoms with Crippen LogP contribution in [0.5, 0.6) is 0 Å². The summed E-state index contributed by atoms with van der Waals surface area (Å²) >= 11 is 0. The Hall–Kier alpha value is -1.51. The van der Waals surface area contributed by atoms with Crippen molar-refractivity contribution in [3.8, 4) is 0 Å². The summed E-state index contributed by atoms with van der Waals surface area (Å²) in [4.78, 5) is 37.7. The normalized spacial score (nSPS) is 13.8. The van der Waals surface area contributed by atoms with Crippen LogP contribution in [0.25, 0.3) is 0 Å². The Morgan fingerprint density at radius 1 is 0.459 bits per heavy atom. The highest BCUT2D eigenvalue weighted by atomic mass is 31.2. The van der Waals surface area contributed by atoms with Crippen molar-refractivity contribution in [2.45, 2.75) is 335 Å². The molecule has 0 aromatic heterocycles. The molecule has 9 nitrogen and oxygen atoms in total. The van der Waals surface area contributed by atoms with Crippen LogP contribution >= 0.6 is 7.82 Å². The number of hydrogen-bond acceptors (Lipinski definition) is 6. The number of quaternary nitrogens is 1. The summed E-state index contributed by atoms with van der Waals surface area (Å²) in [7, 11) is 1.51. The van der Waals surface area contributed by atoms with Crippen LogP contribution in [0.4, 0.5) is 0 Å². The van der Waals surface area contributed by atoms with E-state index in [4.69, 9.17) is 13.8 Å². The standard InChI is InChI=1S/C64H125N2O7P/c1-7-10-13-16-19-22-25-28-29-30-31-32-33-34-35-36-37-39-42-45-48-51-54-57-64(68)73-62(55-52-49-46-43-40-27-24-21-18-15-12-9-3)61(60-72-74(69,70)71-59-58-66(4,5)6)65-63(67)56-53-50-47-44-41-38-26-23-20-17-14-11-8-2/h28-29,52,55,61-62H,7-27,30-51,53-54,56-60H2,1-6H3,(H-,65,67,69,70)/p+1/b29-28+,55-52+. The highest BCUT2D eigenvalue weighted by Gasteiger charge is 2.30. The number of ether oxygens (including phenoxy) is 1. The van der Waals surface area contributed by atoms with Crippen LogP contribution in [-0.4, -0.2) is 74.3 Å². The van der Waals surface area contributed by atoms with Crippen LogP contribution in [0.1, 0.15) is 323 Å². The maximum atomic E-state index is 13.5. The highest BCUT2D eigenvalue weighted by Crippen LogP contribution is 2.43. The molecule has 0 rings (SSSR count). The molecule has 74 heavy (non-hydrogen) atoms. The van der Waals surface area contributed by atoms with Crippen molar-refractivity contribution in [2.75, 3.05) is 40.9 Å². The number of likely N-dealkylation sites (N-methyl/N-ethyl adjacent to an activating group) is 1. The SMILES string of the molecule is CCCCCCCC/C=C/CCCCCCCCCCCCCCCC(=O)OC(/C=C/CCCCCCCCCCCC)C(COP(=O)(O)OCC[N+](C)(C)C)NC(=O)CCCCCCCCCCCCCCC. The number of rotatable bonds is 59. The van der Waals surface area contributed by atoms with Crippen LogP contribution in [0.15, 0.2) is 24.3 Å². The van der Waals surface area contributed by atoms with Gasteiger partial charge in [0.05, 0.1) is 33.8 Å². The van der Waals surface area contributed by atoms with E-state index in [2.05, 4.69) is 38.2 Å². The molecule has 0 bridgehead atoms. The van der Waals surface area contributed by atoms with E-state index in [1.54, 1.807) is 0 Å². The minimum absolute atomic E-state index is 0.0442. The lowest BCUT2D eigenvalue weighted by molar-refractivity contribution is -0.870. The number of hydrogen-bond donors (Lipinski definition) is 2. The largest absolute Gasteiger partial charge is 0.472 e. The number of carbonyl (C=O) groups excluding carboxylic acids is 2. The first-order valence-electron chi connectivity index (χ1n) is 32.2. The predicted octanol–water partition coefficient (Wildman–Crippen LogP) is 19.7. The maximum absolute atomic E-state index is 13.5. The molecule has 0 aliphatic rings. The third kappa shape index (κ3) is 55.3. The molecule has 0 saturated heterocycles. The first-order valence-corrected chi connectivity index (χ1v) is 33.7. The molecule has 0 aromatic carbocycles. The number of nitrogens with one attached hydrogen (secondary N) is 1. The van der Waals surface area contributed by atoms with Gasteiger partial charge in [0.15, 0.2) is 0 Å². The second kappa shape index (κ2) is 54.8. The summed E-state index contributed by atoms with van der Waals surface area (Å²) in [5.74, 6) is -0.488. The Bertz CT molecular complexity index is 1320. The fourth-order valence-corrected chi connectivity index (χ4v) is 10.4. The molecule has 0 spiro atoms. The zero-order chi connectivity index (χ0) is 54.3. The van der Waals surface area contributed by atoms with E-state index in [-0.39, 0.29) is 25.1 Å². The summed E-state index contributed by atoms with van der Waals surface area (Å²) in [6, 6.07) is -0.841. The van der Waals surface area contributed by atoms with Gasteiger partial charge in [0.1, 0.15) is 19.3 Å². The van der Waals surface area contributed by atoms with E-state index in [1.807, 2.05) is 33.3 Å². The van der Waals surface area contributed by atoms with E-state index in [9.17, 15) is 19.0 Å². The quantitative estimate of drug-likeness (QED) is 0.0205. The lowest BCUT2D eigenvalue weighted by atomic mass is 10.0. The van der Waals surface area contributed by atoms with Crippen molar-refractivity contribution in [1.29, 1.82) is 0 Å². The van der Waals surface area contributed by atoms with Crippen molar-refractivity contribution in [1.82, 2.24) is 5.32 Å². The Balaban J connectivity index is 5.10. The minimum Gasteiger partial charge on any atom is -0.456 e. The molecule has 0 aromatic rings. The molecule has 438 valence electrons. The van der Waals surface area contributed by atoms with Crippen LogP contribution in [0, 0.1) is 0 Å². The zero-order valence-electron chi connectivity index (χ0n) is 50.1. The van der Waals surface area contributed by atoms with Crippen molar-refractivity contribution in [3.05, 3.63) is 24.3 Å². The fraction of sp³-hybridized carbons (Fsp3) is 0.906. The molecule has 0 aliphatic carbocycles. The van der Waals surface area contributed by atoms with Crippen molar-refractivity contribution in [3.63, 3.8) is 0 Å². The average Bonchev–Trinajstić information content (AvgIpc) is 3.36. The molecule has 0 saturated carbocycles. The van der Waals surface area contributed by atoms with Gasteiger partial charge in [-0.1, -0.05) is 277 Å². The second-order valence-corrected chi connectivity index (χ2v) is 24.7. The van der Waals surface area contributed by atoms with Gasteiger partial charge in [0.2, 0.25) is 5.91 Å². The van der Waals surface area contributed by atoms with Gasteiger partial charge in [-0.3, -0.25) is 18.6 Å². The molecule has 3 unspecified atom stereocenters. The lowest BCUT2D eigenvalue weighted by Crippen LogP contribution is -2.47. The maximum Gasteiger partial charge on any atom is 0.472 e. The van der Waals surface area contributed by atoms with Gasteiger partial charge in [-0.25, -0.2) is 4.57 Å². The number of allylic oxidation sites excluding steroid dienone is 3. The summed E-state index contributed by atoms with van der Waals surface area (Å²) < 4.78 is 30.7. The molecule has 10 heteroatoms. The van der Waals surface area contributed by atoms with Gasteiger partial charge in [-0.15, -0.1) is 0 Å². The summed E-state index contributed by atoms with van der Waals surface area (Å²) in [5.41, 5.74) is 0. The van der Waals surface area contributed by atoms with Crippen LogP contribution in [0.3, 0.4) is 0 Å². The van der Waals surface area contributed by atoms with Crippen molar-refractivity contribution >= 4 is 19.7 Å². The Morgan fingerprint density at radius 2 is 0.784 bits per heavy atom. The van der Waals surface area contributed by atoms with Crippen LogP contribution in [-0.2, 0) is 27.9 Å². The molecule has 2 N–H and O–H groups in total. The molecule has 1 amide bonds. The predicted molar refractivity (Wildman–Crippen MR) is 319 cm³/mol. The second-order valence-electron chi connectivity index (χ2n) is 23.3. The fourth-order valence-electron chi connectivity index (χ4n) is 9.64. The zero-order valence-corrected chi connectivity index (χ0v) is 51.0. The Kier molecular flexibility index (Phi) is 53.7. The highest BCUT2D eigenvalue weighted by molar-refractivity contribution is 7.47. The third-order valence-corrected chi connectivity index (χ3v) is 15.6. The van der Waals surface area contributed by atoms with Gasteiger partial charge in [0.25, 0.3) is 0 Å². The van der Waals surface area contributed by atoms with Crippen molar-refractivity contribution < 1.29 is 37.3 Å². The average molecular weight is 1070 g/mol. The van der Waals surface area contributed by atoms with Gasteiger partial charge in [-0.05, 0) is 57.4 Å². The van der Waals surface area contributed by atoms with Gasteiger partial charge in [0, 0.05) is 12.8 Å². The van der Waals surface area contributed by atoms with E-state index in [0.29, 0.717) is 23.9 Å². The summed E-state index contributed by atoms with van der Waals surface area (Å²) in [5, 5.41) is 3.06. The van der Waals surface area contributed by atoms with E-state index in [1.165, 1.54) is 231 Å². The van der Waals surface area contributed by atoms with Crippen molar-refractivity contribution in [2.24, 2.45) is 0 Å². The first-order chi connectivity index (χ1) is 35.9. The van der Waals surface area contributed by atoms with E-state index >= 15 is 0 Å². The van der Waals surface area contributed by atoms with Gasteiger partial charge in [-0.2, -0.15) is 0 Å². The molecular formula is C64H126N2O7P+. The van der Waals surface area contributed by atoms with E-state index < -0.39 is 20.0 Å². The van der Waals surface area contributed by atoms with Gasteiger partial charge < -0.3 is 19.4 Å². The summed E-state index contributed by atoms with van der Waals surface area (Å²) in [6.07, 6.45) is 64.6. The molecular weight excluding hydrogens is 940 g/mol. The van der Waals surface area contributed by atoms with Crippen LogP contribution in [0.2, 0.25) is 0 Å². The molecule has 0 radical (unpaired) electrons. The number of unbranched alkanes of at least 4 members (excludes halogenated alkanes) is 41. The Morgan fingerprint density at radius 3 is 1.15 bits per heavy atom. The molecule has 0 aliphatic heterocycles. The number of carbonyl (C=O) groups is 2. The topological polar surface area (TPSA) is 111 Å². The van der Waals surface area contributed by atoms with Gasteiger partial charge >= 0.3 is 13.8 Å². The van der Waals surface area contributed by atoms with Crippen LogP contribution < -0.4 is 5.32 Å². The Labute approximate surface area is 460 Å². The third-order valence-electron chi connectivity index (χ3n) is 14.6. The summed E-state index contributed by atoms with van der Waals surface area (Å²) in [6.45, 7) is 7.05. The monoisotopic (exact) mass is 1070 g/mol. The number of phosphoric acid groups is 1. The number of esters is 1. The number of phosphoric ester groups is 1. The minimum atomic E-state index is -4.44. The number of amides is 1. The lowest BCUT2D eigenvalue weighted by Gasteiger charge is -2.27. The molecule has 0 fully saturated rings. The smallest absolute Gasteiger partial charge is 0.456 e. The molecule has 3 atom stereocenters. The first kappa shape index (κ1) is 72.5. The molecule has 0 heterocycles.